The fraction of sp³-hybridized carbons (Fsp3) is 0.893. The first-order valence-corrected chi connectivity index (χ1v) is 13.6. The Hall–Kier alpha value is -0.790. The molecule has 30 heavy (non-hydrogen) atoms. The van der Waals surface area contributed by atoms with Crippen molar-refractivity contribution in [3.8, 4) is 0 Å². The van der Waals surface area contributed by atoms with Crippen LogP contribution in [0.4, 0.5) is 0 Å². The third kappa shape index (κ3) is 27.2. The van der Waals surface area contributed by atoms with E-state index in [-0.39, 0.29) is 0 Å². The molecule has 0 bridgehead atoms. The van der Waals surface area contributed by atoms with Crippen molar-refractivity contribution in [2.45, 2.75) is 161 Å². The Morgan fingerprint density at radius 3 is 1.13 bits per heavy atom. The number of carbonyl (C=O) groups is 1. The van der Waals surface area contributed by atoms with Gasteiger partial charge < -0.3 is 5.11 Å². The molecular weight excluding hydrogens is 368 g/mol. The van der Waals surface area contributed by atoms with Gasteiger partial charge in [-0.2, -0.15) is 0 Å². The summed E-state index contributed by atoms with van der Waals surface area (Å²) >= 11 is 0. The van der Waals surface area contributed by atoms with Crippen molar-refractivity contribution in [1.82, 2.24) is 0 Å². The SMILES string of the molecule is CCCC=CCCCCCCCCCCCCCCCCCCCCCCC(=O)O. The van der Waals surface area contributed by atoms with Crippen LogP contribution in [0.1, 0.15) is 161 Å². The fourth-order valence-electron chi connectivity index (χ4n) is 4.12. The first-order valence-electron chi connectivity index (χ1n) is 13.6. The quantitative estimate of drug-likeness (QED) is 0.117. The molecule has 0 aliphatic heterocycles. The van der Waals surface area contributed by atoms with E-state index in [1.807, 2.05) is 0 Å². The zero-order chi connectivity index (χ0) is 22.0. The lowest BCUT2D eigenvalue weighted by Crippen LogP contribution is -1.93. The van der Waals surface area contributed by atoms with Gasteiger partial charge in [-0.25, -0.2) is 0 Å². The Kier molecular flexibility index (Phi) is 25.6. The number of aliphatic carboxylic acids is 1. The Morgan fingerprint density at radius 2 is 0.800 bits per heavy atom. The van der Waals surface area contributed by atoms with E-state index < -0.39 is 5.97 Å². The molecule has 0 aliphatic carbocycles. The molecular formula is C28H54O2. The zero-order valence-electron chi connectivity index (χ0n) is 20.5. The van der Waals surface area contributed by atoms with E-state index in [9.17, 15) is 4.79 Å². The molecule has 0 atom stereocenters. The Bertz CT molecular complexity index is 362. The van der Waals surface area contributed by atoms with Gasteiger partial charge in [0.15, 0.2) is 0 Å². The normalized spacial score (nSPS) is 11.5. The standard InChI is InChI=1S/C28H54O2/c1-2-3-4-5-6-7-8-9-10-11-12-13-14-15-16-17-18-19-20-21-22-23-24-25-26-27-28(29)30/h4-5H,2-3,6-27H2,1H3,(H,29,30). The average Bonchev–Trinajstić information content (AvgIpc) is 2.73. The summed E-state index contributed by atoms with van der Waals surface area (Å²) in [5.41, 5.74) is 0. The van der Waals surface area contributed by atoms with Crippen molar-refractivity contribution < 1.29 is 9.90 Å². The van der Waals surface area contributed by atoms with E-state index in [0.717, 1.165) is 12.8 Å². The lowest BCUT2D eigenvalue weighted by molar-refractivity contribution is -0.137. The molecule has 1 N–H and O–H groups in total. The van der Waals surface area contributed by atoms with Crippen LogP contribution in [0.3, 0.4) is 0 Å². The maximum absolute atomic E-state index is 10.4. The minimum atomic E-state index is -0.651. The molecule has 0 heterocycles. The monoisotopic (exact) mass is 422 g/mol. The molecule has 2 nitrogen and oxygen atoms in total. The van der Waals surface area contributed by atoms with Crippen molar-refractivity contribution >= 4 is 5.97 Å². The van der Waals surface area contributed by atoms with E-state index >= 15 is 0 Å². The van der Waals surface area contributed by atoms with Gasteiger partial charge in [0.2, 0.25) is 0 Å². The Morgan fingerprint density at radius 1 is 0.500 bits per heavy atom. The summed E-state index contributed by atoms with van der Waals surface area (Å²) < 4.78 is 0. The van der Waals surface area contributed by atoms with Crippen molar-refractivity contribution in [3.63, 3.8) is 0 Å². The summed E-state index contributed by atoms with van der Waals surface area (Å²) in [5, 5.41) is 8.59. The number of hydrogen-bond donors (Lipinski definition) is 1. The summed E-state index contributed by atoms with van der Waals surface area (Å²) in [7, 11) is 0. The predicted molar refractivity (Wildman–Crippen MR) is 133 cm³/mol. The molecule has 0 radical (unpaired) electrons. The van der Waals surface area contributed by atoms with E-state index in [2.05, 4.69) is 19.1 Å². The van der Waals surface area contributed by atoms with Gasteiger partial charge in [0.25, 0.3) is 0 Å². The Balaban J connectivity index is 3.02. The molecule has 0 saturated carbocycles. The van der Waals surface area contributed by atoms with Gasteiger partial charge in [0.1, 0.15) is 0 Å². The summed E-state index contributed by atoms with van der Waals surface area (Å²) in [6.45, 7) is 2.24. The van der Waals surface area contributed by atoms with Gasteiger partial charge in [-0.1, -0.05) is 141 Å². The van der Waals surface area contributed by atoms with Crippen LogP contribution in [0.2, 0.25) is 0 Å². The van der Waals surface area contributed by atoms with Gasteiger partial charge in [-0.15, -0.1) is 0 Å². The van der Waals surface area contributed by atoms with E-state index in [1.165, 1.54) is 135 Å². The van der Waals surface area contributed by atoms with Crippen molar-refractivity contribution in [3.05, 3.63) is 12.2 Å². The van der Waals surface area contributed by atoms with Gasteiger partial charge >= 0.3 is 5.97 Å². The maximum Gasteiger partial charge on any atom is 0.303 e. The summed E-state index contributed by atoms with van der Waals surface area (Å²) in [6, 6.07) is 0. The van der Waals surface area contributed by atoms with Gasteiger partial charge in [-0.3, -0.25) is 4.79 Å². The number of carboxylic acids is 1. The van der Waals surface area contributed by atoms with Crippen LogP contribution in [-0.4, -0.2) is 11.1 Å². The highest BCUT2D eigenvalue weighted by atomic mass is 16.4. The lowest BCUT2D eigenvalue weighted by Gasteiger charge is -2.04. The molecule has 0 aromatic carbocycles. The lowest BCUT2D eigenvalue weighted by atomic mass is 10.0. The van der Waals surface area contributed by atoms with E-state index in [1.54, 1.807) is 0 Å². The molecule has 0 rings (SSSR count). The number of unbranched alkanes of at least 4 members (excludes halogenated alkanes) is 21. The van der Waals surface area contributed by atoms with Crippen LogP contribution in [0.15, 0.2) is 12.2 Å². The Labute approximate surface area is 189 Å². The van der Waals surface area contributed by atoms with Crippen molar-refractivity contribution in [2.24, 2.45) is 0 Å². The molecule has 0 unspecified atom stereocenters. The van der Waals surface area contributed by atoms with Crippen LogP contribution in [0, 0.1) is 0 Å². The fourth-order valence-corrected chi connectivity index (χ4v) is 4.12. The van der Waals surface area contributed by atoms with E-state index in [4.69, 9.17) is 5.11 Å². The summed E-state index contributed by atoms with van der Waals surface area (Å²) in [6.07, 6.45) is 36.1. The first-order chi connectivity index (χ1) is 14.8. The third-order valence-electron chi connectivity index (χ3n) is 6.13. The highest BCUT2D eigenvalue weighted by molar-refractivity contribution is 5.66. The minimum absolute atomic E-state index is 0.345. The summed E-state index contributed by atoms with van der Waals surface area (Å²) in [4.78, 5) is 10.4. The van der Waals surface area contributed by atoms with Crippen molar-refractivity contribution in [2.75, 3.05) is 0 Å². The second-order valence-electron chi connectivity index (χ2n) is 9.26. The van der Waals surface area contributed by atoms with Crippen molar-refractivity contribution in [1.29, 1.82) is 0 Å². The molecule has 0 aliphatic rings. The molecule has 0 spiro atoms. The van der Waals surface area contributed by atoms with Crippen LogP contribution < -0.4 is 0 Å². The molecule has 0 amide bonds. The first kappa shape index (κ1) is 29.2. The number of carboxylic acid groups (broad SMARTS) is 1. The second-order valence-corrected chi connectivity index (χ2v) is 9.26. The van der Waals surface area contributed by atoms with Crippen LogP contribution in [-0.2, 0) is 4.79 Å². The molecule has 2 heteroatoms. The van der Waals surface area contributed by atoms with Gasteiger partial charge in [0.05, 0.1) is 0 Å². The minimum Gasteiger partial charge on any atom is -0.481 e. The van der Waals surface area contributed by atoms with E-state index in [0.29, 0.717) is 6.42 Å². The molecule has 0 fully saturated rings. The molecule has 0 aromatic rings. The second kappa shape index (κ2) is 26.2. The average molecular weight is 423 g/mol. The summed E-state index contributed by atoms with van der Waals surface area (Å²) in [5.74, 6) is -0.651. The van der Waals surface area contributed by atoms with Gasteiger partial charge in [0, 0.05) is 6.42 Å². The molecule has 0 saturated heterocycles. The van der Waals surface area contributed by atoms with Crippen LogP contribution in [0.25, 0.3) is 0 Å². The third-order valence-corrected chi connectivity index (χ3v) is 6.13. The largest absolute Gasteiger partial charge is 0.481 e. The van der Waals surface area contributed by atoms with Crippen LogP contribution >= 0.6 is 0 Å². The number of allylic oxidation sites excluding steroid dienone is 2. The highest BCUT2D eigenvalue weighted by Gasteiger charge is 1.97. The predicted octanol–water partition coefficient (Wildman–Crippen LogP) is 10.0. The maximum atomic E-state index is 10.4. The number of rotatable bonds is 25. The molecule has 178 valence electrons. The zero-order valence-corrected chi connectivity index (χ0v) is 20.5. The molecule has 0 aromatic heterocycles. The number of hydrogen-bond acceptors (Lipinski definition) is 1. The topological polar surface area (TPSA) is 37.3 Å². The van der Waals surface area contributed by atoms with Gasteiger partial charge in [-0.05, 0) is 25.7 Å². The van der Waals surface area contributed by atoms with Crippen LogP contribution in [0.5, 0.6) is 0 Å². The smallest absolute Gasteiger partial charge is 0.303 e. The highest BCUT2D eigenvalue weighted by Crippen LogP contribution is 2.15.